The number of hydrogen-bond acceptors (Lipinski definition) is 3. The Balaban J connectivity index is 2.99. The maximum absolute atomic E-state index is 13.2. The van der Waals surface area contributed by atoms with Crippen LogP contribution in [0.4, 0.5) is 4.39 Å². The smallest absolute Gasteiger partial charge is 0.154 e. The first-order valence-corrected chi connectivity index (χ1v) is 7.74. The molecule has 102 valence electrons. The van der Waals surface area contributed by atoms with E-state index < -0.39 is 21.1 Å². The van der Waals surface area contributed by atoms with Gasteiger partial charge < -0.3 is 5.73 Å². The zero-order chi connectivity index (χ0) is 13.9. The Morgan fingerprint density at radius 3 is 2.50 bits per heavy atom. The minimum absolute atomic E-state index is 0.127. The molecule has 3 nitrogen and oxygen atoms in total. The molecule has 5 heteroatoms. The van der Waals surface area contributed by atoms with Gasteiger partial charge in [0.05, 0.1) is 11.0 Å². The van der Waals surface area contributed by atoms with Crippen LogP contribution in [0.2, 0.25) is 0 Å². The maximum Gasteiger partial charge on any atom is 0.154 e. The molecule has 1 aromatic carbocycles. The van der Waals surface area contributed by atoms with Crippen molar-refractivity contribution < 1.29 is 12.8 Å². The molecule has 18 heavy (non-hydrogen) atoms. The van der Waals surface area contributed by atoms with E-state index in [0.717, 1.165) is 0 Å². The lowest BCUT2D eigenvalue weighted by Gasteiger charge is -2.20. The normalized spacial score (nSPS) is 15.4. The number of hydrogen-bond donors (Lipinski definition) is 1. The predicted molar refractivity (Wildman–Crippen MR) is 71.6 cm³/mol. The number of sulfone groups is 1. The van der Waals surface area contributed by atoms with Crippen molar-refractivity contribution in [2.75, 3.05) is 5.75 Å². The summed E-state index contributed by atoms with van der Waals surface area (Å²) in [5.41, 5.74) is 7.10. The van der Waals surface area contributed by atoms with Crippen molar-refractivity contribution in [3.05, 3.63) is 35.1 Å². The summed E-state index contributed by atoms with van der Waals surface area (Å²) in [6.45, 7) is 5.06. The number of rotatable bonds is 5. The molecule has 0 amide bonds. The molecule has 0 spiro atoms. The Morgan fingerprint density at radius 2 is 2.00 bits per heavy atom. The molecule has 0 aliphatic rings. The second-order valence-electron chi connectivity index (χ2n) is 4.61. The van der Waals surface area contributed by atoms with Gasteiger partial charge >= 0.3 is 0 Å². The van der Waals surface area contributed by atoms with E-state index in [1.54, 1.807) is 26.0 Å². The van der Waals surface area contributed by atoms with Crippen molar-refractivity contribution in [3.8, 4) is 0 Å². The lowest BCUT2D eigenvalue weighted by atomic mass is 10.0. The monoisotopic (exact) mass is 273 g/mol. The summed E-state index contributed by atoms with van der Waals surface area (Å²) in [5.74, 6) is -0.183. The van der Waals surface area contributed by atoms with Crippen LogP contribution in [0.1, 0.15) is 37.4 Å². The van der Waals surface area contributed by atoms with Gasteiger partial charge in [-0.05, 0) is 37.5 Å². The molecular weight excluding hydrogens is 253 g/mol. The van der Waals surface area contributed by atoms with Crippen LogP contribution < -0.4 is 5.73 Å². The van der Waals surface area contributed by atoms with Crippen LogP contribution in [-0.4, -0.2) is 19.4 Å². The molecule has 0 bridgehead atoms. The minimum atomic E-state index is -3.20. The van der Waals surface area contributed by atoms with Crippen LogP contribution in [0.15, 0.2) is 18.2 Å². The molecule has 0 saturated carbocycles. The van der Waals surface area contributed by atoms with Crippen molar-refractivity contribution >= 4 is 9.84 Å². The zero-order valence-electron chi connectivity index (χ0n) is 11.0. The molecule has 2 N–H and O–H groups in total. The fourth-order valence-electron chi connectivity index (χ4n) is 1.84. The van der Waals surface area contributed by atoms with Crippen LogP contribution in [0.5, 0.6) is 0 Å². The Hall–Kier alpha value is -0.940. The first-order chi connectivity index (χ1) is 8.29. The SMILES string of the molecule is CCCS(=O)(=O)C(C)C(N)c1ccc(F)c(C)c1. The van der Waals surface area contributed by atoms with Gasteiger partial charge in [0.25, 0.3) is 0 Å². The Labute approximate surface area is 108 Å². The maximum atomic E-state index is 13.2. The Kier molecular flexibility index (Phi) is 4.87. The van der Waals surface area contributed by atoms with Crippen molar-refractivity contribution in [2.45, 2.75) is 38.5 Å². The Bertz CT molecular complexity index is 514. The van der Waals surface area contributed by atoms with Crippen molar-refractivity contribution in [1.82, 2.24) is 0 Å². The average Bonchev–Trinajstić information content (AvgIpc) is 2.30. The van der Waals surface area contributed by atoms with E-state index in [2.05, 4.69) is 0 Å². The third-order valence-corrected chi connectivity index (χ3v) is 5.53. The van der Waals surface area contributed by atoms with Crippen LogP contribution in [-0.2, 0) is 9.84 Å². The van der Waals surface area contributed by atoms with Gasteiger partial charge in [-0.2, -0.15) is 0 Å². The predicted octanol–water partition coefficient (Wildman–Crippen LogP) is 2.35. The second-order valence-corrected chi connectivity index (χ2v) is 7.08. The van der Waals surface area contributed by atoms with Crippen molar-refractivity contribution in [2.24, 2.45) is 5.73 Å². The van der Waals surface area contributed by atoms with Crippen LogP contribution in [0.3, 0.4) is 0 Å². The molecule has 0 fully saturated rings. The third kappa shape index (κ3) is 3.29. The topological polar surface area (TPSA) is 60.2 Å². The molecule has 2 unspecified atom stereocenters. The number of aryl methyl sites for hydroxylation is 1. The summed E-state index contributed by atoms with van der Waals surface area (Å²) in [4.78, 5) is 0. The zero-order valence-corrected chi connectivity index (χ0v) is 11.8. The standard InChI is InChI=1S/C13H20FNO2S/c1-4-7-18(16,17)10(3)13(15)11-5-6-12(14)9(2)8-11/h5-6,8,10,13H,4,7,15H2,1-3H3. The molecule has 0 aromatic heterocycles. The van der Waals surface area contributed by atoms with Gasteiger partial charge in [-0.3, -0.25) is 0 Å². The molecule has 1 rings (SSSR count). The molecule has 0 saturated heterocycles. The van der Waals surface area contributed by atoms with Crippen molar-refractivity contribution in [1.29, 1.82) is 0 Å². The van der Waals surface area contributed by atoms with E-state index in [1.165, 1.54) is 6.07 Å². The lowest BCUT2D eigenvalue weighted by Crippen LogP contribution is -2.32. The molecular formula is C13H20FNO2S. The highest BCUT2D eigenvalue weighted by atomic mass is 32.2. The minimum Gasteiger partial charge on any atom is -0.323 e. The molecule has 1 aromatic rings. The van der Waals surface area contributed by atoms with Gasteiger partial charge in [0.2, 0.25) is 0 Å². The van der Waals surface area contributed by atoms with E-state index in [-0.39, 0.29) is 11.6 Å². The van der Waals surface area contributed by atoms with Crippen LogP contribution in [0, 0.1) is 12.7 Å². The van der Waals surface area contributed by atoms with E-state index in [9.17, 15) is 12.8 Å². The molecule has 0 radical (unpaired) electrons. The van der Waals surface area contributed by atoms with Crippen LogP contribution >= 0.6 is 0 Å². The number of halogens is 1. The van der Waals surface area contributed by atoms with Gasteiger partial charge in [0.15, 0.2) is 9.84 Å². The summed E-state index contributed by atoms with van der Waals surface area (Å²) >= 11 is 0. The largest absolute Gasteiger partial charge is 0.323 e. The molecule has 0 heterocycles. The first-order valence-electron chi connectivity index (χ1n) is 6.02. The van der Waals surface area contributed by atoms with Gasteiger partial charge in [-0.1, -0.05) is 19.1 Å². The summed E-state index contributed by atoms with van der Waals surface area (Å²) in [6.07, 6.45) is 0.571. The number of benzene rings is 1. The van der Waals surface area contributed by atoms with Gasteiger partial charge in [0.1, 0.15) is 5.82 Å². The third-order valence-electron chi connectivity index (χ3n) is 3.13. The first kappa shape index (κ1) is 15.1. The van der Waals surface area contributed by atoms with E-state index in [0.29, 0.717) is 17.5 Å². The van der Waals surface area contributed by atoms with E-state index in [1.807, 2.05) is 6.92 Å². The fraction of sp³-hybridized carbons (Fsp3) is 0.538. The highest BCUT2D eigenvalue weighted by molar-refractivity contribution is 7.92. The lowest BCUT2D eigenvalue weighted by molar-refractivity contribution is 0.562. The van der Waals surface area contributed by atoms with E-state index >= 15 is 0 Å². The van der Waals surface area contributed by atoms with Gasteiger partial charge in [-0.15, -0.1) is 0 Å². The second kappa shape index (κ2) is 5.80. The molecule has 2 atom stereocenters. The van der Waals surface area contributed by atoms with Gasteiger partial charge in [0, 0.05) is 6.04 Å². The van der Waals surface area contributed by atoms with Gasteiger partial charge in [-0.25, -0.2) is 12.8 Å². The highest BCUT2D eigenvalue weighted by Gasteiger charge is 2.27. The fourth-order valence-corrected chi connectivity index (χ4v) is 3.38. The highest BCUT2D eigenvalue weighted by Crippen LogP contribution is 2.22. The van der Waals surface area contributed by atoms with Crippen molar-refractivity contribution in [3.63, 3.8) is 0 Å². The average molecular weight is 273 g/mol. The Morgan fingerprint density at radius 1 is 1.39 bits per heavy atom. The summed E-state index contributed by atoms with van der Waals surface area (Å²) in [7, 11) is -3.20. The molecule has 0 aliphatic carbocycles. The summed E-state index contributed by atoms with van der Waals surface area (Å²) in [6, 6.07) is 3.85. The quantitative estimate of drug-likeness (QED) is 0.895. The van der Waals surface area contributed by atoms with Crippen LogP contribution in [0.25, 0.3) is 0 Å². The molecule has 0 aliphatic heterocycles. The summed E-state index contributed by atoms with van der Waals surface area (Å²) in [5, 5.41) is -0.665. The number of nitrogens with two attached hydrogens (primary N) is 1. The van der Waals surface area contributed by atoms with E-state index in [4.69, 9.17) is 5.73 Å². The summed E-state index contributed by atoms with van der Waals surface area (Å²) < 4.78 is 37.0.